The summed E-state index contributed by atoms with van der Waals surface area (Å²) in [6.07, 6.45) is -2.08. The van der Waals surface area contributed by atoms with Gasteiger partial charge in [0.05, 0.1) is 5.69 Å². The topological polar surface area (TPSA) is 73.7 Å². The predicted molar refractivity (Wildman–Crippen MR) is 91.7 cm³/mol. The molecule has 9 heteroatoms. The third-order valence-electron chi connectivity index (χ3n) is 4.72. The normalized spacial score (nSPS) is 18.8. The molecule has 1 N–H and O–H groups in total. The predicted octanol–water partition coefficient (Wildman–Crippen LogP) is 2.41. The minimum Gasteiger partial charge on any atom is -0.475 e. The molecule has 1 spiro atoms. The Labute approximate surface area is 156 Å². The fourth-order valence-electron chi connectivity index (χ4n) is 3.48. The summed E-state index contributed by atoms with van der Waals surface area (Å²) in [4.78, 5) is 29.8. The summed E-state index contributed by atoms with van der Waals surface area (Å²) in [5.41, 5.74) is 1.50. The van der Waals surface area contributed by atoms with Gasteiger partial charge in [-0.15, -0.1) is 0 Å². The number of hydrogen-bond donors (Lipinski definition) is 1. The van der Waals surface area contributed by atoms with Gasteiger partial charge in [-0.3, -0.25) is 14.7 Å². The van der Waals surface area contributed by atoms with Gasteiger partial charge < -0.3 is 10.0 Å². The van der Waals surface area contributed by atoms with E-state index in [1.165, 1.54) is 0 Å². The highest BCUT2D eigenvalue weighted by Gasteiger charge is 2.48. The summed E-state index contributed by atoms with van der Waals surface area (Å²) in [6.45, 7) is 9.00. The Morgan fingerprint density at radius 1 is 1.26 bits per heavy atom. The SMILES string of the molecule is CC(C)C(=O)N1CCC2(CN(Cc3ccccn3)C2)C1.O=C(O)C(F)(F)F. The molecule has 3 heterocycles. The molecule has 3 rings (SSSR count). The van der Waals surface area contributed by atoms with E-state index in [0.29, 0.717) is 11.3 Å². The molecule has 1 amide bonds. The average Bonchev–Trinajstić information content (AvgIpc) is 2.99. The smallest absolute Gasteiger partial charge is 0.475 e. The van der Waals surface area contributed by atoms with Crippen LogP contribution in [0.5, 0.6) is 0 Å². The Morgan fingerprint density at radius 2 is 1.89 bits per heavy atom. The van der Waals surface area contributed by atoms with E-state index in [0.717, 1.165) is 44.8 Å². The molecular weight excluding hydrogens is 363 g/mol. The molecule has 0 unspecified atom stereocenters. The summed E-state index contributed by atoms with van der Waals surface area (Å²) in [5, 5.41) is 7.12. The van der Waals surface area contributed by atoms with Crippen LogP contribution in [0.3, 0.4) is 0 Å². The molecule has 1 aromatic heterocycles. The average molecular weight is 387 g/mol. The van der Waals surface area contributed by atoms with Gasteiger partial charge in [-0.1, -0.05) is 19.9 Å². The molecule has 150 valence electrons. The number of hydrogen-bond acceptors (Lipinski definition) is 4. The fraction of sp³-hybridized carbons (Fsp3) is 0.611. The monoisotopic (exact) mass is 387 g/mol. The molecule has 1 aromatic rings. The highest BCUT2D eigenvalue weighted by atomic mass is 19.4. The van der Waals surface area contributed by atoms with E-state index in [-0.39, 0.29) is 5.92 Å². The van der Waals surface area contributed by atoms with Crippen molar-refractivity contribution in [1.82, 2.24) is 14.8 Å². The van der Waals surface area contributed by atoms with E-state index in [4.69, 9.17) is 9.90 Å². The van der Waals surface area contributed by atoms with Crippen LogP contribution in [0.4, 0.5) is 13.2 Å². The van der Waals surface area contributed by atoms with Gasteiger partial charge >= 0.3 is 12.1 Å². The van der Waals surface area contributed by atoms with E-state index in [2.05, 4.69) is 20.9 Å². The van der Waals surface area contributed by atoms with Crippen molar-refractivity contribution >= 4 is 11.9 Å². The zero-order valence-corrected chi connectivity index (χ0v) is 15.4. The van der Waals surface area contributed by atoms with Gasteiger partial charge in [0.2, 0.25) is 5.91 Å². The number of amides is 1. The van der Waals surface area contributed by atoms with Crippen molar-refractivity contribution in [2.24, 2.45) is 11.3 Å². The van der Waals surface area contributed by atoms with Crippen LogP contribution in [0.15, 0.2) is 24.4 Å². The molecule has 2 saturated heterocycles. The Morgan fingerprint density at radius 3 is 2.37 bits per heavy atom. The van der Waals surface area contributed by atoms with Crippen molar-refractivity contribution in [2.45, 2.75) is 33.0 Å². The Kier molecular flexibility index (Phi) is 6.46. The lowest BCUT2D eigenvalue weighted by Gasteiger charge is -2.48. The molecular formula is C18H24F3N3O3. The first-order valence-electron chi connectivity index (χ1n) is 8.74. The van der Waals surface area contributed by atoms with Gasteiger partial charge in [0, 0.05) is 50.3 Å². The summed E-state index contributed by atoms with van der Waals surface area (Å²) < 4.78 is 31.7. The van der Waals surface area contributed by atoms with Crippen molar-refractivity contribution in [1.29, 1.82) is 0 Å². The standard InChI is InChI=1S/C16H23N3O.C2HF3O2/c1-13(2)15(20)19-8-6-16(12-19)10-18(11-16)9-14-5-3-4-7-17-14;3-2(4,5)1(6)7/h3-5,7,13H,6,8-12H2,1-2H3;(H,6,7). The third kappa shape index (κ3) is 5.66. The maximum atomic E-state index is 12.0. The second kappa shape index (κ2) is 8.24. The summed E-state index contributed by atoms with van der Waals surface area (Å²) in [7, 11) is 0. The first kappa shape index (κ1) is 21.1. The van der Waals surface area contributed by atoms with Gasteiger partial charge in [0.25, 0.3) is 0 Å². The number of aromatic nitrogens is 1. The Bertz CT molecular complexity index is 659. The molecule has 0 atom stereocenters. The summed E-state index contributed by atoms with van der Waals surface area (Å²) in [5.74, 6) is -2.33. The molecule has 2 aliphatic heterocycles. The first-order chi connectivity index (χ1) is 12.5. The third-order valence-corrected chi connectivity index (χ3v) is 4.72. The minimum atomic E-state index is -5.08. The number of carboxylic acids is 1. The summed E-state index contributed by atoms with van der Waals surface area (Å²) in [6, 6.07) is 6.07. The molecule has 0 bridgehead atoms. The van der Waals surface area contributed by atoms with Crippen LogP contribution < -0.4 is 0 Å². The number of alkyl halides is 3. The molecule has 0 radical (unpaired) electrons. The maximum Gasteiger partial charge on any atom is 0.490 e. The Balaban J connectivity index is 0.000000321. The fourth-order valence-corrected chi connectivity index (χ4v) is 3.48. The van der Waals surface area contributed by atoms with Gasteiger partial charge in [0.15, 0.2) is 0 Å². The Hall–Kier alpha value is -2.16. The minimum absolute atomic E-state index is 0.120. The lowest BCUT2D eigenvalue weighted by atomic mass is 9.79. The number of aliphatic carboxylic acids is 1. The second-order valence-electron chi connectivity index (χ2n) is 7.43. The van der Waals surface area contributed by atoms with Crippen LogP contribution in [-0.4, -0.2) is 64.1 Å². The van der Waals surface area contributed by atoms with Crippen LogP contribution in [0.2, 0.25) is 0 Å². The van der Waals surface area contributed by atoms with Crippen molar-refractivity contribution < 1.29 is 27.9 Å². The molecule has 2 fully saturated rings. The zero-order valence-electron chi connectivity index (χ0n) is 15.4. The van der Waals surface area contributed by atoms with Crippen molar-refractivity contribution in [3.63, 3.8) is 0 Å². The van der Waals surface area contributed by atoms with Gasteiger partial charge in [0.1, 0.15) is 0 Å². The maximum absolute atomic E-state index is 12.0. The van der Waals surface area contributed by atoms with Crippen LogP contribution in [-0.2, 0) is 16.1 Å². The van der Waals surface area contributed by atoms with Crippen LogP contribution in [0.25, 0.3) is 0 Å². The highest BCUT2D eigenvalue weighted by molar-refractivity contribution is 5.78. The molecule has 2 aliphatic rings. The van der Waals surface area contributed by atoms with Gasteiger partial charge in [-0.25, -0.2) is 4.79 Å². The molecule has 6 nitrogen and oxygen atoms in total. The van der Waals surface area contributed by atoms with E-state index in [1.54, 1.807) is 0 Å². The molecule has 0 saturated carbocycles. The van der Waals surface area contributed by atoms with Crippen molar-refractivity contribution in [2.75, 3.05) is 26.2 Å². The van der Waals surface area contributed by atoms with E-state index in [9.17, 15) is 18.0 Å². The van der Waals surface area contributed by atoms with Crippen LogP contribution in [0, 0.1) is 11.3 Å². The van der Waals surface area contributed by atoms with Gasteiger partial charge in [-0.05, 0) is 18.6 Å². The van der Waals surface area contributed by atoms with E-state index >= 15 is 0 Å². The summed E-state index contributed by atoms with van der Waals surface area (Å²) >= 11 is 0. The number of likely N-dealkylation sites (tertiary alicyclic amines) is 2. The second-order valence-corrected chi connectivity index (χ2v) is 7.43. The first-order valence-corrected chi connectivity index (χ1v) is 8.74. The van der Waals surface area contributed by atoms with E-state index in [1.807, 2.05) is 32.2 Å². The quantitative estimate of drug-likeness (QED) is 0.862. The lowest BCUT2D eigenvalue weighted by molar-refractivity contribution is -0.192. The number of pyridine rings is 1. The number of carbonyl (C=O) groups is 2. The van der Waals surface area contributed by atoms with Gasteiger partial charge in [-0.2, -0.15) is 13.2 Å². The molecule has 0 aromatic carbocycles. The number of nitrogens with zero attached hydrogens (tertiary/aromatic N) is 3. The number of carboxylic acid groups (broad SMARTS) is 1. The van der Waals surface area contributed by atoms with Crippen LogP contribution in [0.1, 0.15) is 26.0 Å². The van der Waals surface area contributed by atoms with Crippen molar-refractivity contribution in [3.05, 3.63) is 30.1 Å². The van der Waals surface area contributed by atoms with Crippen molar-refractivity contribution in [3.8, 4) is 0 Å². The highest BCUT2D eigenvalue weighted by Crippen LogP contribution is 2.40. The molecule has 27 heavy (non-hydrogen) atoms. The lowest BCUT2D eigenvalue weighted by Crippen LogP contribution is -2.57. The number of halogens is 3. The van der Waals surface area contributed by atoms with Crippen LogP contribution >= 0.6 is 0 Å². The largest absolute Gasteiger partial charge is 0.490 e. The molecule has 0 aliphatic carbocycles. The van der Waals surface area contributed by atoms with E-state index < -0.39 is 12.1 Å². The number of carbonyl (C=O) groups excluding carboxylic acids is 1. The number of rotatable bonds is 3. The zero-order chi connectivity index (χ0) is 20.2.